The van der Waals surface area contributed by atoms with Crippen molar-refractivity contribution in [2.24, 2.45) is 5.73 Å². The molecule has 1 aliphatic heterocycles. The van der Waals surface area contributed by atoms with Gasteiger partial charge in [-0.15, -0.1) is 0 Å². The fraction of sp³-hybridized carbons (Fsp3) is 0.900. The Balaban J connectivity index is 2.59. The van der Waals surface area contributed by atoms with E-state index in [4.69, 9.17) is 15.6 Å². The van der Waals surface area contributed by atoms with Gasteiger partial charge in [0.25, 0.3) is 0 Å². The van der Waals surface area contributed by atoms with Crippen molar-refractivity contribution in [2.45, 2.75) is 38.5 Å². The third-order valence-corrected chi connectivity index (χ3v) is 2.76. The number of rotatable bonds is 3. The highest BCUT2D eigenvalue weighted by Gasteiger charge is 2.34. The van der Waals surface area contributed by atoms with Gasteiger partial charge in [0.1, 0.15) is 5.54 Å². The molecule has 0 aliphatic carbocycles. The number of carbonyl (C=O) groups is 1. The molecule has 1 heterocycles. The van der Waals surface area contributed by atoms with E-state index in [9.17, 15) is 4.79 Å². The van der Waals surface area contributed by atoms with Gasteiger partial charge in [-0.25, -0.2) is 0 Å². The van der Waals surface area contributed by atoms with Crippen LogP contribution in [0, 0.1) is 0 Å². The molecule has 5 nitrogen and oxygen atoms in total. The third-order valence-electron chi connectivity index (χ3n) is 2.76. The third kappa shape index (κ3) is 3.15. The summed E-state index contributed by atoms with van der Waals surface area (Å²) >= 11 is 0. The summed E-state index contributed by atoms with van der Waals surface area (Å²) < 4.78 is 5.47. The summed E-state index contributed by atoms with van der Waals surface area (Å²) in [5, 5.41) is 8.94. The second kappa shape index (κ2) is 4.47. The quantitative estimate of drug-likeness (QED) is 0.689. The number of ether oxygens (including phenoxy) is 1. The molecular weight excluding hydrogens is 196 g/mol. The van der Waals surface area contributed by atoms with E-state index >= 15 is 0 Å². The first kappa shape index (κ1) is 12.4. The lowest BCUT2D eigenvalue weighted by Crippen LogP contribution is -2.59. The molecule has 88 valence electrons. The zero-order chi connectivity index (χ0) is 11.6. The molecule has 0 aromatic heterocycles. The van der Waals surface area contributed by atoms with E-state index < -0.39 is 11.5 Å². The van der Waals surface area contributed by atoms with E-state index in [1.54, 1.807) is 6.92 Å². The van der Waals surface area contributed by atoms with E-state index in [1.165, 1.54) is 0 Å². The molecule has 0 spiro atoms. The monoisotopic (exact) mass is 216 g/mol. The first-order valence-electron chi connectivity index (χ1n) is 5.21. The lowest BCUT2D eigenvalue weighted by atomic mass is 10.0. The van der Waals surface area contributed by atoms with Crippen LogP contribution in [0.2, 0.25) is 0 Å². The molecule has 0 amide bonds. The summed E-state index contributed by atoms with van der Waals surface area (Å²) in [6.45, 7) is 7.27. The van der Waals surface area contributed by atoms with Crippen LogP contribution in [0.1, 0.15) is 20.8 Å². The normalized spacial score (nSPS) is 32.3. The molecule has 3 N–H and O–H groups in total. The van der Waals surface area contributed by atoms with Crippen molar-refractivity contribution in [3.63, 3.8) is 0 Å². The predicted molar refractivity (Wildman–Crippen MR) is 56.7 cm³/mol. The minimum Gasteiger partial charge on any atom is -0.480 e. The van der Waals surface area contributed by atoms with Gasteiger partial charge in [0.15, 0.2) is 0 Å². The van der Waals surface area contributed by atoms with Gasteiger partial charge >= 0.3 is 5.97 Å². The average Bonchev–Trinajstić information content (AvgIpc) is 2.10. The zero-order valence-electron chi connectivity index (χ0n) is 9.56. The lowest BCUT2D eigenvalue weighted by molar-refractivity contribution is -0.144. The summed E-state index contributed by atoms with van der Waals surface area (Å²) in [4.78, 5) is 13.0. The Kier molecular flexibility index (Phi) is 3.70. The van der Waals surface area contributed by atoms with Crippen LogP contribution in [-0.2, 0) is 9.53 Å². The second-order valence-corrected chi connectivity index (χ2v) is 4.65. The van der Waals surface area contributed by atoms with Crippen molar-refractivity contribution in [1.82, 2.24) is 4.90 Å². The maximum absolute atomic E-state index is 10.9. The minimum absolute atomic E-state index is 0.144. The van der Waals surface area contributed by atoms with Crippen molar-refractivity contribution in [3.05, 3.63) is 0 Å². The van der Waals surface area contributed by atoms with Gasteiger partial charge in [-0.2, -0.15) is 0 Å². The number of carboxylic acid groups (broad SMARTS) is 1. The summed E-state index contributed by atoms with van der Waals surface area (Å²) in [7, 11) is 0. The number of hydrogen-bond acceptors (Lipinski definition) is 4. The zero-order valence-corrected chi connectivity index (χ0v) is 9.56. The van der Waals surface area contributed by atoms with Crippen molar-refractivity contribution in [2.75, 3.05) is 19.7 Å². The molecule has 0 bridgehead atoms. The van der Waals surface area contributed by atoms with Crippen LogP contribution in [0.3, 0.4) is 0 Å². The van der Waals surface area contributed by atoms with E-state index in [0.717, 1.165) is 6.54 Å². The van der Waals surface area contributed by atoms with Crippen LogP contribution in [0.15, 0.2) is 0 Å². The number of nitrogens with zero attached hydrogens (tertiary/aromatic N) is 1. The van der Waals surface area contributed by atoms with E-state index in [-0.39, 0.29) is 12.1 Å². The van der Waals surface area contributed by atoms with Gasteiger partial charge in [0.05, 0.1) is 12.7 Å². The Morgan fingerprint density at radius 2 is 2.27 bits per heavy atom. The van der Waals surface area contributed by atoms with Crippen LogP contribution in [-0.4, -0.2) is 53.4 Å². The van der Waals surface area contributed by atoms with Crippen molar-refractivity contribution < 1.29 is 14.6 Å². The van der Waals surface area contributed by atoms with Gasteiger partial charge in [-0.1, -0.05) is 0 Å². The summed E-state index contributed by atoms with van der Waals surface area (Å²) in [6, 6.07) is 0.225. The van der Waals surface area contributed by atoms with E-state index in [2.05, 4.69) is 4.90 Å². The van der Waals surface area contributed by atoms with Crippen molar-refractivity contribution >= 4 is 5.97 Å². The highest BCUT2D eigenvalue weighted by molar-refractivity contribution is 5.78. The van der Waals surface area contributed by atoms with E-state index in [1.807, 2.05) is 13.8 Å². The highest BCUT2D eigenvalue weighted by Crippen LogP contribution is 2.14. The van der Waals surface area contributed by atoms with Crippen molar-refractivity contribution in [3.8, 4) is 0 Å². The Bertz CT molecular complexity index is 243. The first-order chi connectivity index (χ1) is 6.83. The minimum atomic E-state index is -1.19. The molecule has 15 heavy (non-hydrogen) atoms. The molecule has 0 saturated carbocycles. The summed E-state index contributed by atoms with van der Waals surface area (Å²) in [5.74, 6) is -0.964. The van der Waals surface area contributed by atoms with Crippen LogP contribution >= 0.6 is 0 Å². The predicted octanol–water partition coefficient (Wildman–Crippen LogP) is -0.102. The average molecular weight is 216 g/mol. The molecule has 1 aliphatic rings. The smallest absolute Gasteiger partial charge is 0.324 e. The molecular formula is C10H20N2O3. The van der Waals surface area contributed by atoms with Crippen LogP contribution in [0.25, 0.3) is 0 Å². The van der Waals surface area contributed by atoms with Crippen LogP contribution in [0.4, 0.5) is 0 Å². The van der Waals surface area contributed by atoms with Crippen LogP contribution < -0.4 is 5.73 Å². The SMILES string of the molecule is CC1CN(CC(C)(N)C(=O)O)C(C)CO1. The molecule has 5 heteroatoms. The van der Waals surface area contributed by atoms with Gasteiger partial charge in [0.2, 0.25) is 0 Å². The standard InChI is InChI=1S/C10H20N2O3/c1-7-5-15-8(2)4-12(7)6-10(3,11)9(13)14/h7-8H,4-6,11H2,1-3H3,(H,13,14). The largest absolute Gasteiger partial charge is 0.480 e. The molecule has 1 saturated heterocycles. The fourth-order valence-corrected chi connectivity index (χ4v) is 1.68. The Morgan fingerprint density at radius 1 is 1.67 bits per heavy atom. The molecule has 0 aromatic carbocycles. The maximum Gasteiger partial charge on any atom is 0.324 e. The first-order valence-corrected chi connectivity index (χ1v) is 5.21. The summed E-state index contributed by atoms with van der Waals surface area (Å²) in [6.07, 6.45) is 0.144. The number of hydrogen-bond donors (Lipinski definition) is 2. The molecule has 0 aromatic rings. The number of morpholine rings is 1. The molecule has 1 rings (SSSR count). The molecule has 1 fully saturated rings. The maximum atomic E-state index is 10.9. The molecule has 0 radical (unpaired) electrons. The van der Waals surface area contributed by atoms with Gasteiger partial charge in [0, 0.05) is 19.1 Å². The van der Waals surface area contributed by atoms with Gasteiger partial charge in [-0.05, 0) is 20.8 Å². The van der Waals surface area contributed by atoms with Crippen molar-refractivity contribution in [1.29, 1.82) is 0 Å². The lowest BCUT2D eigenvalue weighted by Gasteiger charge is -2.39. The fourth-order valence-electron chi connectivity index (χ4n) is 1.68. The highest BCUT2D eigenvalue weighted by atomic mass is 16.5. The topological polar surface area (TPSA) is 75.8 Å². The summed E-state index contributed by atoms with van der Waals surface area (Å²) in [5.41, 5.74) is 4.53. The Morgan fingerprint density at radius 3 is 2.80 bits per heavy atom. The number of carboxylic acids is 1. The second-order valence-electron chi connectivity index (χ2n) is 4.65. The molecule has 3 unspecified atom stereocenters. The van der Waals surface area contributed by atoms with E-state index in [0.29, 0.717) is 13.2 Å². The Labute approximate surface area is 90.2 Å². The van der Waals surface area contributed by atoms with Gasteiger partial charge < -0.3 is 15.6 Å². The number of nitrogens with two attached hydrogens (primary N) is 1. The number of aliphatic carboxylic acids is 1. The van der Waals surface area contributed by atoms with Crippen LogP contribution in [0.5, 0.6) is 0 Å². The van der Waals surface area contributed by atoms with Gasteiger partial charge in [-0.3, -0.25) is 9.69 Å². The Hall–Kier alpha value is -0.650. The molecule has 3 atom stereocenters.